The molecule has 0 heterocycles. The third-order valence-corrected chi connectivity index (χ3v) is 6.13. The molecule has 0 saturated heterocycles. The van der Waals surface area contributed by atoms with Crippen molar-refractivity contribution in [1.82, 2.24) is 4.90 Å². The van der Waals surface area contributed by atoms with Gasteiger partial charge in [0.05, 0.1) is 20.2 Å². The van der Waals surface area contributed by atoms with E-state index in [4.69, 9.17) is 18.9 Å². The molecule has 46 heavy (non-hydrogen) atoms. The topological polar surface area (TPSA) is 94.5 Å². The summed E-state index contributed by atoms with van der Waals surface area (Å²) >= 11 is 0. The van der Waals surface area contributed by atoms with E-state index in [9.17, 15) is 63.0 Å². The Morgan fingerprint density at radius 1 is 0.783 bits per heavy atom. The first kappa shape index (κ1) is 38.2. The molecular weight excluding hydrogens is 659 g/mol. The largest absolute Gasteiger partial charge is 0.497 e. The average molecular weight is 685 g/mol. The van der Waals surface area contributed by atoms with E-state index in [1.807, 2.05) is 0 Å². The smallest absolute Gasteiger partial charge is 0.460 e. The van der Waals surface area contributed by atoms with Gasteiger partial charge in [0.25, 0.3) is 0 Å². The molecule has 2 aromatic carbocycles. The van der Waals surface area contributed by atoms with E-state index in [2.05, 4.69) is 0 Å². The molecule has 19 heteroatoms. The SMILES string of the molecule is CCOC(Cc1ccc(OCCN(CC(F)(F)C(F)(F)C(F)(F)C(F)(F)C(F)(F)F)C(=O)Oc2ccc(OC)cc2)cc1)C(=O)O. The van der Waals surface area contributed by atoms with E-state index in [-0.39, 0.29) is 29.4 Å². The van der Waals surface area contributed by atoms with E-state index in [1.54, 1.807) is 6.92 Å². The summed E-state index contributed by atoms with van der Waals surface area (Å²) in [6.45, 7) is -3.14. The standard InChI is InChI=1S/C27H26F11NO7/c1-3-44-20(21(40)41)14-16-4-6-18(7-5-16)45-13-12-39(22(42)46-19-10-8-17(43-2)9-11-19)15-23(28,29)24(30,31)25(32,33)26(34,35)27(36,37)38/h4-11,20H,3,12-15H2,1-2H3,(H,40,41). The highest BCUT2D eigenvalue weighted by atomic mass is 19.4. The van der Waals surface area contributed by atoms with Crippen LogP contribution in [0.15, 0.2) is 48.5 Å². The van der Waals surface area contributed by atoms with Gasteiger partial charge in [-0.3, -0.25) is 4.90 Å². The number of methoxy groups -OCH3 is 1. The molecule has 0 fully saturated rings. The second-order valence-electron chi connectivity index (χ2n) is 9.37. The van der Waals surface area contributed by atoms with Gasteiger partial charge in [0.1, 0.15) is 23.9 Å². The molecule has 258 valence electrons. The molecule has 0 aliphatic heterocycles. The highest BCUT2D eigenvalue weighted by Crippen LogP contribution is 2.57. The summed E-state index contributed by atoms with van der Waals surface area (Å²) in [5.41, 5.74) is 0.441. The minimum absolute atomic E-state index is 0.0519. The molecule has 0 bridgehead atoms. The van der Waals surface area contributed by atoms with Crippen LogP contribution in [0, 0.1) is 0 Å². The Kier molecular flexibility index (Phi) is 12.1. The molecule has 0 aliphatic rings. The monoisotopic (exact) mass is 685 g/mol. The molecule has 2 aromatic rings. The number of hydrogen-bond donors (Lipinski definition) is 1. The molecule has 1 unspecified atom stereocenters. The molecule has 1 amide bonds. The first-order valence-corrected chi connectivity index (χ1v) is 12.9. The van der Waals surface area contributed by atoms with Crippen molar-refractivity contribution >= 4 is 12.1 Å². The van der Waals surface area contributed by atoms with E-state index in [0.29, 0.717) is 5.56 Å². The third-order valence-electron chi connectivity index (χ3n) is 6.13. The van der Waals surface area contributed by atoms with Gasteiger partial charge in [-0.25, -0.2) is 9.59 Å². The maximum atomic E-state index is 14.6. The van der Waals surface area contributed by atoms with Gasteiger partial charge in [0.2, 0.25) is 0 Å². The molecule has 0 aliphatic carbocycles. The Morgan fingerprint density at radius 2 is 1.30 bits per heavy atom. The van der Waals surface area contributed by atoms with Gasteiger partial charge >= 0.3 is 41.9 Å². The quantitative estimate of drug-likeness (QED) is 0.197. The van der Waals surface area contributed by atoms with E-state index < -0.39 is 73.5 Å². The van der Waals surface area contributed by atoms with Crippen LogP contribution in [0.5, 0.6) is 17.2 Å². The van der Waals surface area contributed by atoms with Crippen LogP contribution >= 0.6 is 0 Å². The number of ether oxygens (including phenoxy) is 4. The van der Waals surface area contributed by atoms with Crippen molar-refractivity contribution in [3.8, 4) is 17.2 Å². The number of nitrogens with zero attached hydrogens (tertiary/aromatic N) is 1. The summed E-state index contributed by atoms with van der Waals surface area (Å²) in [6.07, 6.45) is -10.5. The third kappa shape index (κ3) is 8.61. The number of carbonyl (C=O) groups excluding carboxylic acids is 1. The van der Waals surface area contributed by atoms with Crippen LogP contribution in [0.2, 0.25) is 0 Å². The molecular formula is C27H26F11NO7. The molecule has 0 spiro atoms. The summed E-state index contributed by atoms with van der Waals surface area (Å²) < 4.78 is 169. The van der Waals surface area contributed by atoms with Crippen LogP contribution in [-0.2, 0) is 16.0 Å². The van der Waals surface area contributed by atoms with E-state index in [0.717, 1.165) is 12.1 Å². The Hall–Kier alpha value is -4.03. The van der Waals surface area contributed by atoms with Crippen molar-refractivity contribution in [1.29, 1.82) is 0 Å². The Morgan fingerprint density at radius 3 is 1.78 bits per heavy atom. The van der Waals surface area contributed by atoms with Crippen molar-refractivity contribution in [3.63, 3.8) is 0 Å². The molecule has 1 atom stereocenters. The van der Waals surface area contributed by atoms with Crippen molar-refractivity contribution in [2.45, 2.75) is 49.3 Å². The van der Waals surface area contributed by atoms with Crippen LogP contribution in [0.25, 0.3) is 0 Å². The molecule has 0 saturated carbocycles. The van der Waals surface area contributed by atoms with Crippen LogP contribution < -0.4 is 14.2 Å². The fourth-order valence-electron chi connectivity index (χ4n) is 3.62. The van der Waals surface area contributed by atoms with Gasteiger partial charge in [-0.05, 0) is 48.9 Å². The van der Waals surface area contributed by atoms with E-state index in [1.165, 1.54) is 43.5 Å². The highest BCUT2D eigenvalue weighted by Gasteiger charge is 2.87. The van der Waals surface area contributed by atoms with Crippen molar-refractivity contribution in [3.05, 3.63) is 54.1 Å². The maximum Gasteiger partial charge on any atom is 0.460 e. The van der Waals surface area contributed by atoms with Gasteiger partial charge in [0.15, 0.2) is 6.10 Å². The normalized spacial score (nSPS) is 13.6. The van der Waals surface area contributed by atoms with Gasteiger partial charge in [-0.2, -0.15) is 48.3 Å². The number of carboxylic acid groups (broad SMARTS) is 1. The number of carboxylic acids is 1. The average Bonchev–Trinajstić information content (AvgIpc) is 2.96. The number of rotatable bonds is 16. The maximum absolute atomic E-state index is 14.6. The first-order chi connectivity index (χ1) is 21.1. The lowest BCUT2D eigenvalue weighted by Gasteiger charge is -2.38. The predicted molar refractivity (Wildman–Crippen MR) is 135 cm³/mol. The van der Waals surface area contributed by atoms with E-state index >= 15 is 0 Å². The second-order valence-corrected chi connectivity index (χ2v) is 9.37. The Bertz CT molecular complexity index is 1300. The fourth-order valence-corrected chi connectivity index (χ4v) is 3.62. The van der Waals surface area contributed by atoms with Crippen LogP contribution in [0.3, 0.4) is 0 Å². The molecule has 2 rings (SSSR count). The number of alkyl halides is 11. The summed E-state index contributed by atoms with van der Waals surface area (Å²) in [4.78, 5) is 23.5. The lowest BCUT2D eigenvalue weighted by atomic mass is 9.97. The van der Waals surface area contributed by atoms with Gasteiger partial charge in [-0.1, -0.05) is 12.1 Å². The van der Waals surface area contributed by atoms with Crippen molar-refractivity contribution in [2.75, 3.05) is 33.4 Å². The number of benzene rings is 2. The zero-order chi connectivity index (χ0) is 35.1. The lowest BCUT2D eigenvalue weighted by molar-refractivity contribution is -0.422. The number of amides is 1. The predicted octanol–water partition coefficient (Wildman–Crippen LogP) is 6.71. The van der Waals surface area contributed by atoms with Crippen LogP contribution in [0.1, 0.15) is 12.5 Å². The Labute approximate surface area is 253 Å². The van der Waals surface area contributed by atoms with Crippen LogP contribution in [-0.4, -0.2) is 91.5 Å². The number of aliphatic carboxylic acids is 1. The molecule has 1 N–H and O–H groups in total. The zero-order valence-corrected chi connectivity index (χ0v) is 23.7. The van der Waals surface area contributed by atoms with Crippen molar-refractivity contribution in [2.24, 2.45) is 0 Å². The number of hydrogen-bond acceptors (Lipinski definition) is 6. The summed E-state index contributed by atoms with van der Waals surface area (Å²) in [6, 6.07) is 9.74. The lowest BCUT2D eigenvalue weighted by Crippen LogP contribution is -2.68. The highest BCUT2D eigenvalue weighted by molar-refractivity contribution is 5.72. The number of halogens is 11. The second kappa shape index (κ2) is 14.6. The minimum atomic E-state index is -7.66. The fraction of sp³-hybridized carbons (Fsp3) is 0.481. The summed E-state index contributed by atoms with van der Waals surface area (Å²) in [5.74, 6) is -30.5. The summed E-state index contributed by atoms with van der Waals surface area (Å²) in [5, 5.41) is 9.17. The molecule has 8 nitrogen and oxygen atoms in total. The first-order valence-electron chi connectivity index (χ1n) is 12.9. The van der Waals surface area contributed by atoms with Gasteiger partial charge in [0, 0.05) is 13.0 Å². The zero-order valence-electron chi connectivity index (χ0n) is 23.7. The molecule has 0 aromatic heterocycles. The number of carbonyl (C=O) groups is 2. The minimum Gasteiger partial charge on any atom is -0.497 e. The van der Waals surface area contributed by atoms with Crippen LogP contribution in [0.4, 0.5) is 53.1 Å². The Balaban J connectivity index is 2.29. The summed E-state index contributed by atoms with van der Waals surface area (Å²) in [7, 11) is 1.25. The van der Waals surface area contributed by atoms with Crippen molar-refractivity contribution < 1.29 is 81.9 Å². The van der Waals surface area contributed by atoms with Gasteiger partial charge in [-0.15, -0.1) is 0 Å². The molecule has 0 radical (unpaired) electrons. The van der Waals surface area contributed by atoms with Gasteiger partial charge < -0.3 is 24.1 Å².